The predicted octanol–water partition coefficient (Wildman–Crippen LogP) is 3.21. The molecule has 0 bridgehead atoms. The van der Waals surface area contributed by atoms with Crippen LogP contribution in [0.2, 0.25) is 0 Å². The molecule has 5 heteroatoms. The largest absolute Gasteiger partial charge is 0.490 e. The van der Waals surface area contributed by atoms with Crippen LogP contribution in [-0.2, 0) is 11.2 Å². The molecule has 0 atom stereocenters. The van der Waals surface area contributed by atoms with Crippen molar-refractivity contribution in [3.63, 3.8) is 0 Å². The number of hydrogen-bond acceptors (Lipinski definition) is 5. The molecule has 120 valence electrons. The molecule has 0 aliphatic carbocycles. The summed E-state index contributed by atoms with van der Waals surface area (Å²) in [5, 5.41) is 0. The summed E-state index contributed by atoms with van der Waals surface area (Å²) in [5.41, 5.74) is 1.64. The summed E-state index contributed by atoms with van der Waals surface area (Å²) in [4.78, 5) is 12.0. The van der Waals surface area contributed by atoms with Crippen molar-refractivity contribution in [3.05, 3.63) is 53.6 Å². The maximum atomic E-state index is 12.0. The monoisotopic (exact) mass is 314 g/mol. The third kappa shape index (κ3) is 3.74. The molecule has 0 N–H and O–H groups in total. The van der Waals surface area contributed by atoms with Crippen LogP contribution in [0.5, 0.6) is 17.2 Å². The Hall–Kier alpha value is -2.69. The van der Waals surface area contributed by atoms with E-state index in [1.54, 1.807) is 18.2 Å². The third-order valence-corrected chi connectivity index (χ3v) is 3.50. The fraction of sp³-hybridized carbons (Fsp3) is 0.278. The fourth-order valence-corrected chi connectivity index (χ4v) is 2.26. The van der Waals surface area contributed by atoms with E-state index in [1.807, 2.05) is 24.3 Å². The lowest BCUT2D eigenvalue weighted by Crippen LogP contribution is -2.12. The van der Waals surface area contributed by atoms with E-state index in [0.717, 1.165) is 12.2 Å². The lowest BCUT2D eigenvalue weighted by molar-refractivity contribution is 0.0450. The molecule has 0 spiro atoms. The molecule has 0 fully saturated rings. The highest BCUT2D eigenvalue weighted by Crippen LogP contribution is 2.32. The summed E-state index contributed by atoms with van der Waals surface area (Å²) >= 11 is 0. The average Bonchev–Trinajstić information content (AvgIpc) is 3.06. The number of benzene rings is 2. The van der Waals surface area contributed by atoms with Gasteiger partial charge in [-0.25, -0.2) is 4.79 Å². The lowest BCUT2D eigenvalue weighted by atomic mass is 10.2. The van der Waals surface area contributed by atoms with Gasteiger partial charge in [0.1, 0.15) is 19.0 Å². The van der Waals surface area contributed by atoms with E-state index in [2.05, 4.69) is 6.92 Å². The van der Waals surface area contributed by atoms with E-state index < -0.39 is 5.97 Å². The van der Waals surface area contributed by atoms with Crippen molar-refractivity contribution in [2.24, 2.45) is 0 Å². The van der Waals surface area contributed by atoms with Crippen LogP contribution in [-0.4, -0.2) is 26.0 Å². The van der Waals surface area contributed by atoms with Crippen molar-refractivity contribution in [2.75, 3.05) is 20.0 Å². The molecule has 1 heterocycles. The highest BCUT2D eigenvalue weighted by atomic mass is 16.7. The Balaban J connectivity index is 1.47. The van der Waals surface area contributed by atoms with Gasteiger partial charge in [0.25, 0.3) is 0 Å². The molecule has 3 rings (SSSR count). The van der Waals surface area contributed by atoms with E-state index in [1.165, 1.54) is 5.56 Å². The summed E-state index contributed by atoms with van der Waals surface area (Å²) < 4.78 is 21.2. The molecule has 1 aliphatic rings. The molecule has 2 aromatic rings. The van der Waals surface area contributed by atoms with Gasteiger partial charge < -0.3 is 18.9 Å². The van der Waals surface area contributed by atoms with Crippen molar-refractivity contribution in [1.82, 2.24) is 0 Å². The molecule has 0 saturated heterocycles. The lowest BCUT2D eigenvalue weighted by Gasteiger charge is -2.08. The minimum atomic E-state index is -0.408. The van der Waals surface area contributed by atoms with Crippen molar-refractivity contribution in [2.45, 2.75) is 13.3 Å². The van der Waals surface area contributed by atoms with Gasteiger partial charge in [0.2, 0.25) is 6.79 Å². The van der Waals surface area contributed by atoms with Gasteiger partial charge in [-0.1, -0.05) is 19.1 Å². The molecular formula is C18H18O5. The molecule has 1 aliphatic heterocycles. The summed E-state index contributed by atoms with van der Waals surface area (Å²) in [6.07, 6.45) is 0.955. The minimum Gasteiger partial charge on any atom is -0.490 e. The van der Waals surface area contributed by atoms with Crippen molar-refractivity contribution >= 4 is 5.97 Å². The summed E-state index contributed by atoms with van der Waals surface area (Å²) in [7, 11) is 0. The molecule has 0 radical (unpaired) electrons. The van der Waals surface area contributed by atoms with Gasteiger partial charge in [-0.15, -0.1) is 0 Å². The maximum absolute atomic E-state index is 12.0. The van der Waals surface area contributed by atoms with Gasteiger partial charge in [-0.3, -0.25) is 0 Å². The van der Waals surface area contributed by atoms with Crippen LogP contribution in [0.25, 0.3) is 0 Å². The Kier molecular flexibility index (Phi) is 4.66. The Labute approximate surface area is 134 Å². The van der Waals surface area contributed by atoms with Gasteiger partial charge in [-0.2, -0.15) is 0 Å². The Morgan fingerprint density at radius 2 is 1.96 bits per heavy atom. The van der Waals surface area contributed by atoms with Gasteiger partial charge >= 0.3 is 5.97 Å². The molecule has 0 aromatic heterocycles. The first kappa shape index (κ1) is 15.2. The van der Waals surface area contributed by atoms with E-state index in [0.29, 0.717) is 23.7 Å². The number of ether oxygens (including phenoxy) is 4. The first-order chi connectivity index (χ1) is 11.3. The Morgan fingerprint density at radius 3 is 2.83 bits per heavy atom. The number of rotatable bonds is 6. The highest BCUT2D eigenvalue weighted by Gasteiger charge is 2.16. The first-order valence-electron chi connectivity index (χ1n) is 7.55. The molecule has 2 aromatic carbocycles. The zero-order chi connectivity index (χ0) is 16.1. The molecule has 0 saturated carbocycles. The van der Waals surface area contributed by atoms with Crippen molar-refractivity contribution < 1.29 is 23.7 Å². The van der Waals surface area contributed by atoms with E-state index in [9.17, 15) is 4.79 Å². The van der Waals surface area contributed by atoms with Crippen LogP contribution >= 0.6 is 0 Å². The second-order valence-corrected chi connectivity index (χ2v) is 5.05. The Morgan fingerprint density at radius 1 is 1.09 bits per heavy atom. The molecule has 23 heavy (non-hydrogen) atoms. The SMILES string of the molecule is CCc1cccc(OCCOC(=O)c2ccc3c(c2)OCO3)c1. The van der Waals surface area contributed by atoms with Gasteiger partial charge in [-0.05, 0) is 42.3 Å². The van der Waals surface area contributed by atoms with Crippen molar-refractivity contribution in [1.29, 1.82) is 0 Å². The van der Waals surface area contributed by atoms with Crippen LogP contribution in [0.1, 0.15) is 22.8 Å². The fourth-order valence-electron chi connectivity index (χ4n) is 2.26. The zero-order valence-electron chi connectivity index (χ0n) is 12.9. The van der Waals surface area contributed by atoms with E-state index >= 15 is 0 Å². The van der Waals surface area contributed by atoms with Gasteiger partial charge in [0, 0.05) is 0 Å². The van der Waals surface area contributed by atoms with E-state index in [-0.39, 0.29) is 13.4 Å². The maximum Gasteiger partial charge on any atom is 0.338 e. The second kappa shape index (κ2) is 7.05. The number of fused-ring (bicyclic) bond motifs is 1. The smallest absolute Gasteiger partial charge is 0.338 e. The van der Waals surface area contributed by atoms with Crippen LogP contribution in [0.4, 0.5) is 0 Å². The van der Waals surface area contributed by atoms with Crippen LogP contribution in [0, 0.1) is 0 Å². The van der Waals surface area contributed by atoms with Crippen molar-refractivity contribution in [3.8, 4) is 17.2 Å². The molecule has 0 unspecified atom stereocenters. The van der Waals surface area contributed by atoms with Gasteiger partial charge in [0.05, 0.1) is 5.56 Å². The number of carbonyl (C=O) groups excluding carboxylic acids is 1. The molecule has 5 nitrogen and oxygen atoms in total. The first-order valence-corrected chi connectivity index (χ1v) is 7.55. The number of aryl methyl sites for hydroxylation is 1. The highest BCUT2D eigenvalue weighted by molar-refractivity contribution is 5.90. The summed E-state index contributed by atoms with van der Waals surface area (Å²) in [6, 6.07) is 12.8. The van der Waals surface area contributed by atoms with Crippen LogP contribution < -0.4 is 14.2 Å². The topological polar surface area (TPSA) is 54.0 Å². The zero-order valence-corrected chi connectivity index (χ0v) is 12.9. The molecule has 0 amide bonds. The summed E-state index contributed by atoms with van der Waals surface area (Å²) in [6.45, 7) is 2.76. The average molecular weight is 314 g/mol. The van der Waals surface area contributed by atoms with Crippen LogP contribution in [0.3, 0.4) is 0 Å². The third-order valence-electron chi connectivity index (χ3n) is 3.50. The van der Waals surface area contributed by atoms with E-state index in [4.69, 9.17) is 18.9 Å². The second-order valence-electron chi connectivity index (χ2n) is 5.05. The molecular weight excluding hydrogens is 296 g/mol. The Bertz CT molecular complexity index is 696. The predicted molar refractivity (Wildman–Crippen MR) is 84.2 cm³/mol. The standard InChI is InChI=1S/C18H18O5/c1-2-13-4-3-5-15(10-13)20-8-9-21-18(19)14-6-7-16-17(11-14)23-12-22-16/h3-7,10-11H,2,8-9,12H2,1H3. The minimum absolute atomic E-state index is 0.179. The normalized spacial score (nSPS) is 12.0. The van der Waals surface area contributed by atoms with Gasteiger partial charge in [0.15, 0.2) is 11.5 Å². The number of carbonyl (C=O) groups is 1. The quantitative estimate of drug-likeness (QED) is 0.605. The number of esters is 1. The number of hydrogen-bond donors (Lipinski definition) is 0. The summed E-state index contributed by atoms with van der Waals surface area (Å²) in [5.74, 6) is 1.57. The van der Waals surface area contributed by atoms with Crippen LogP contribution in [0.15, 0.2) is 42.5 Å².